The summed E-state index contributed by atoms with van der Waals surface area (Å²) in [6, 6.07) is 13.0. The van der Waals surface area contributed by atoms with E-state index in [1.54, 1.807) is 30.5 Å². The maximum absolute atomic E-state index is 11.8. The summed E-state index contributed by atoms with van der Waals surface area (Å²) < 4.78 is 1.86. The highest BCUT2D eigenvalue weighted by atomic mass is 16.1. The van der Waals surface area contributed by atoms with Crippen molar-refractivity contribution >= 4 is 18.1 Å². The van der Waals surface area contributed by atoms with E-state index < -0.39 is 0 Å². The van der Waals surface area contributed by atoms with Gasteiger partial charge in [-0.05, 0) is 24.3 Å². The van der Waals surface area contributed by atoms with Crippen molar-refractivity contribution in [2.75, 3.05) is 0 Å². The monoisotopic (exact) mass is 223 g/mol. The van der Waals surface area contributed by atoms with Crippen LogP contribution in [-0.2, 0) is 0 Å². The zero-order chi connectivity index (χ0) is 12.1. The molecule has 0 aliphatic carbocycles. The number of hydrogen-bond donors (Lipinski definition) is 0. The van der Waals surface area contributed by atoms with Gasteiger partial charge in [-0.3, -0.25) is 4.79 Å². The smallest absolute Gasteiger partial charge is 0.185 e. The quantitative estimate of drug-likeness (QED) is 0.574. The van der Waals surface area contributed by atoms with Crippen LogP contribution in [0, 0.1) is 0 Å². The van der Waals surface area contributed by atoms with Crippen LogP contribution >= 0.6 is 0 Å². The first-order valence-electron chi connectivity index (χ1n) is 5.38. The number of allylic oxidation sites excluding steroid dienone is 1. The van der Waals surface area contributed by atoms with Gasteiger partial charge in [-0.2, -0.15) is 0 Å². The standard InChI is InChI=1S/C15H13NO/c1-2-16-12-6-9-14(16)10-11-15(17)13-7-4-3-5-8-13/h2-12H,1H2. The van der Waals surface area contributed by atoms with Crippen LogP contribution in [0.5, 0.6) is 0 Å². The molecular weight excluding hydrogens is 210 g/mol. The van der Waals surface area contributed by atoms with Crippen LogP contribution < -0.4 is 0 Å². The van der Waals surface area contributed by atoms with E-state index in [0.717, 1.165) is 5.69 Å². The van der Waals surface area contributed by atoms with E-state index in [4.69, 9.17) is 0 Å². The van der Waals surface area contributed by atoms with Crippen LogP contribution in [0.3, 0.4) is 0 Å². The summed E-state index contributed by atoms with van der Waals surface area (Å²) in [5.74, 6) is 0.00223. The third-order valence-corrected chi connectivity index (χ3v) is 2.47. The fourth-order valence-corrected chi connectivity index (χ4v) is 1.57. The molecule has 0 unspecified atom stereocenters. The Hall–Kier alpha value is -2.35. The van der Waals surface area contributed by atoms with Gasteiger partial charge in [0.25, 0.3) is 0 Å². The number of ketones is 1. The molecule has 0 saturated heterocycles. The fourth-order valence-electron chi connectivity index (χ4n) is 1.57. The minimum absolute atomic E-state index is 0.00223. The van der Waals surface area contributed by atoms with Gasteiger partial charge in [0.15, 0.2) is 5.78 Å². The summed E-state index contributed by atoms with van der Waals surface area (Å²) in [5.41, 5.74) is 1.63. The number of aromatic nitrogens is 1. The second-order valence-corrected chi connectivity index (χ2v) is 3.59. The van der Waals surface area contributed by atoms with Gasteiger partial charge in [0, 0.05) is 23.7 Å². The van der Waals surface area contributed by atoms with E-state index in [-0.39, 0.29) is 5.78 Å². The molecule has 0 saturated carbocycles. The van der Waals surface area contributed by atoms with E-state index in [1.165, 1.54) is 0 Å². The summed E-state index contributed by atoms with van der Waals surface area (Å²) in [7, 11) is 0. The van der Waals surface area contributed by atoms with Crippen molar-refractivity contribution in [2.24, 2.45) is 0 Å². The van der Waals surface area contributed by atoms with Crippen molar-refractivity contribution in [1.29, 1.82) is 0 Å². The fraction of sp³-hybridized carbons (Fsp3) is 0. The molecule has 0 aliphatic heterocycles. The Morgan fingerprint density at radius 3 is 2.59 bits per heavy atom. The molecule has 0 amide bonds. The summed E-state index contributed by atoms with van der Waals surface area (Å²) >= 11 is 0. The van der Waals surface area contributed by atoms with Crippen molar-refractivity contribution in [1.82, 2.24) is 4.57 Å². The average molecular weight is 223 g/mol. The van der Waals surface area contributed by atoms with Gasteiger partial charge in [-0.15, -0.1) is 0 Å². The molecular formula is C15H13NO. The summed E-state index contributed by atoms with van der Waals surface area (Å²) in [6.45, 7) is 3.69. The molecule has 0 N–H and O–H groups in total. The second-order valence-electron chi connectivity index (χ2n) is 3.59. The number of benzene rings is 1. The predicted octanol–water partition coefficient (Wildman–Crippen LogP) is 3.48. The van der Waals surface area contributed by atoms with Crippen LogP contribution in [0.2, 0.25) is 0 Å². The van der Waals surface area contributed by atoms with E-state index in [1.807, 2.05) is 41.1 Å². The molecule has 2 aromatic rings. The van der Waals surface area contributed by atoms with Gasteiger partial charge in [0.05, 0.1) is 0 Å². The largest absolute Gasteiger partial charge is 0.324 e. The first kappa shape index (κ1) is 11.1. The van der Waals surface area contributed by atoms with Crippen molar-refractivity contribution in [3.05, 3.63) is 72.6 Å². The highest BCUT2D eigenvalue weighted by Gasteiger charge is 2.00. The summed E-state index contributed by atoms with van der Waals surface area (Å²) in [6.07, 6.45) is 6.95. The Kier molecular flexibility index (Phi) is 3.36. The Balaban J connectivity index is 2.17. The Bertz CT molecular complexity index is 549. The molecule has 1 aromatic carbocycles. The summed E-state index contributed by atoms with van der Waals surface area (Å²) in [4.78, 5) is 11.8. The SMILES string of the molecule is C=Cn1cccc1C=CC(=O)c1ccccc1. The Morgan fingerprint density at radius 1 is 1.12 bits per heavy atom. The molecule has 1 heterocycles. The molecule has 1 aromatic heterocycles. The first-order valence-corrected chi connectivity index (χ1v) is 5.38. The van der Waals surface area contributed by atoms with Gasteiger partial charge < -0.3 is 4.57 Å². The van der Waals surface area contributed by atoms with E-state index >= 15 is 0 Å². The van der Waals surface area contributed by atoms with Crippen molar-refractivity contribution in [2.45, 2.75) is 0 Å². The zero-order valence-electron chi connectivity index (χ0n) is 9.41. The van der Waals surface area contributed by atoms with Gasteiger partial charge in [0.1, 0.15) is 0 Å². The molecule has 0 fully saturated rings. The molecule has 0 atom stereocenters. The maximum atomic E-state index is 11.8. The first-order chi connectivity index (χ1) is 8.31. The highest BCUT2D eigenvalue weighted by molar-refractivity contribution is 6.06. The van der Waals surface area contributed by atoms with Crippen molar-refractivity contribution < 1.29 is 4.79 Å². The molecule has 17 heavy (non-hydrogen) atoms. The van der Waals surface area contributed by atoms with Crippen LogP contribution in [0.15, 0.2) is 61.3 Å². The van der Waals surface area contributed by atoms with Gasteiger partial charge in [0.2, 0.25) is 0 Å². The van der Waals surface area contributed by atoms with Crippen LogP contribution in [0.1, 0.15) is 16.1 Å². The van der Waals surface area contributed by atoms with Crippen LogP contribution in [0.4, 0.5) is 0 Å². The maximum Gasteiger partial charge on any atom is 0.185 e. The lowest BCUT2D eigenvalue weighted by Gasteiger charge is -1.97. The van der Waals surface area contributed by atoms with Gasteiger partial charge in [-0.25, -0.2) is 0 Å². The van der Waals surface area contributed by atoms with E-state index in [9.17, 15) is 4.79 Å². The van der Waals surface area contributed by atoms with Crippen molar-refractivity contribution in [3.63, 3.8) is 0 Å². The third-order valence-electron chi connectivity index (χ3n) is 2.47. The topological polar surface area (TPSA) is 22.0 Å². The van der Waals surface area contributed by atoms with E-state index in [2.05, 4.69) is 6.58 Å². The predicted molar refractivity (Wildman–Crippen MR) is 70.6 cm³/mol. The van der Waals surface area contributed by atoms with Crippen LogP contribution in [0.25, 0.3) is 12.3 Å². The lowest BCUT2D eigenvalue weighted by atomic mass is 10.1. The molecule has 0 radical (unpaired) electrons. The minimum atomic E-state index is 0.00223. The third kappa shape index (κ3) is 2.61. The molecule has 2 heteroatoms. The number of carbonyl (C=O) groups excluding carboxylic acids is 1. The highest BCUT2D eigenvalue weighted by Crippen LogP contribution is 2.07. The van der Waals surface area contributed by atoms with Crippen LogP contribution in [-0.4, -0.2) is 10.4 Å². The molecule has 84 valence electrons. The normalized spacial score (nSPS) is 10.6. The number of nitrogens with zero attached hydrogens (tertiary/aromatic N) is 1. The Morgan fingerprint density at radius 2 is 1.88 bits per heavy atom. The molecule has 2 nitrogen and oxygen atoms in total. The lowest BCUT2D eigenvalue weighted by molar-refractivity contribution is 0.104. The number of carbonyl (C=O) groups is 1. The van der Waals surface area contributed by atoms with Crippen molar-refractivity contribution in [3.8, 4) is 0 Å². The molecule has 0 spiro atoms. The minimum Gasteiger partial charge on any atom is -0.324 e. The molecule has 2 rings (SSSR count). The van der Waals surface area contributed by atoms with Gasteiger partial charge >= 0.3 is 0 Å². The Labute approximate surface area is 101 Å². The average Bonchev–Trinajstić information content (AvgIpc) is 2.84. The van der Waals surface area contributed by atoms with Gasteiger partial charge in [-0.1, -0.05) is 36.9 Å². The zero-order valence-corrected chi connectivity index (χ0v) is 9.41. The number of rotatable bonds is 4. The number of hydrogen-bond acceptors (Lipinski definition) is 1. The second kappa shape index (κ2) is 5.12. The summed E-state index contributed by atoms with van der Waals surface area (Å²) in [5, 5.41) is 0. The lowest BCUT2D eigenvalue weighted by Crippen LogP contribution is -1.93. The van der Waals surface area contributed by atoms with E-state index in [0.29, 0.717) is 5.56 Å². The molecule has 0 aliphatic rings. The molecule has 0 bridgehead atoms.